The van der Waals surface area contributed by atoms with Crippen LogP contribution in [-0.2, 0) is 9.13 Å². The number of para-hydroxylation sites is 1. The van der Waals surface area contributed by atoms with Crippen molar-refractivity contribution in [2.75, 3.05) is 0 Å². The first-order valence-electron chi connectivity index (χ1n) is 7.33. The van der Waals surface area contributed by atoms with Gasteiger partial charge in [0, 0.05) is 5.56 Å². The summed E-state index contributed by atoms with van der Waals surface area (Å²) in [4.78, 5) is 40.1. The van der Waals surface area contributed by atoms with Crippen LogP contribution in [0.2, 0.25) is 0 Å². The highest BCUT2D eigenvalue weighted by atomic mass is 31.2. The van der Waals surface area contributed by atoms with Gasteiger partial charge in [-0.2, -0.15) is 0 Å². The van der Waals surface area contributed by atoms with E-state index in [0.29, 0.717) is 0 Å². The van der Waals surface area contributed by atoms with Gasteiger partial charge in [-0.3, -0.25) is 19.6 Å². The number of hydrogen-bond acceptors (Lipinski definition) is 6. The number of phosphoric ester groups is 2. The topological polar surface area (TPSA) is 160 Å². The molecule has 0 unspecified atom stereocenters. The molecule has 0 aliphatic rings. The van der Waals surface area contributed by atoms with Crippen LogP contribution in [0, 0.1) is 5.82 Å². The van der Waals surface area contributed by atoms with E-state index >= 15 is 0 Å². The van der Waals surface area contributed by atoms with E-state index in [9.17, 15) is 13.5 Å². The smallest absolute Gasteiger partial charge is 0.435 e. The van der Waals surface area contributed by atoms with E-state index in [4.69, 9.17) is 24.0 Å². The van der Waals surface area contributed by atoms with Crippen molar-refractivity contribution >= 4 is 32.8 Å². The number of nitrogens with zero attached hydrogens (tertiary/aromatic N) is 1. The van der Waals surface area contributed by atoms with Crippen LogP contribution in [0.5, 0.6) is 11.5 Å². The number of phosphoric acid groups is 2. The van der Waals surface area contributed by atoms with Crippen molar-refractivity contribution in [1.29, 1.82) is 0 Å². The molecule has 148 valence electrons. The van der Waals surface area contributed by atoms with E-state index in [1.807, 2.05) is 0 Å². The first-order chi connectivity index (χ1) is 13.0. The van der Waals surface area contributed by atoms with Crippen LogP contribution < -0.4 is 9.05 Å². The summed E-state index contributed by atoms with van der Waals surface area (Å²) in [7, 11) is -10.0. The lowest BCUT2D eigenvalue weighted by molar-refractivity contribution is 0.278. The monoisotopic (exact) mass is 431 g/mol. The lowest BCUT2D eigenvalue weighted by Gasteiger charge is -2.09. The SMILES string of the molecule is C=Cc1cc(F)c(OP(=O)(O)O)c2nc(-c3ccccc3OP(=O)(O)O)oc12. The molecule has 1 aromatic heterocycles. The number of aromatic nitrogens is 1. The Bertz CT molecular complexity index is 1160. The summed E-state index contributed by atoms with van der Waals surface area (Å²) in [6.07, 6.45) is 1.22. The summed E-state index contributed by atoms with van der Waals surface area (Å²) >= 11 is 0. The van der Waals surface area contributed by atoms with E-state index in [-0.39, 0.29) is 33.9 Å². The lowest BCUT2D eigenvalue weighted by atomic mass is 10.2. The van der Waals surface area contributed by atoms with Gasteiger partial charge in [0.1, 0.15) is 5.75 Å². The zero-order valence-corrected chi connectivity index (χ0v) is 15.5. The zero-order chi connectivity index (χ0) is 20.7. The Labute approximate surface area is 156 Å². The highest BCUT2D eigenvalue weighted by Gasteiger charge is 2.27. The molecule has 0 aliphatic carbocycles. The van der Waals surface area contributed by atoms with Gasteiger partial charge in [-0.1, -0.05) is 24.8 Å². The Morgan fingerprint density at radius 1 is 1.11 bits per heavy atom. The van der Waals surface area contributed by atoms with Gasteiger partial charge in [0.2, 0.25) is 5.89 Å². The van der Waals surface area contributed by atoms with Gasteiger partial charge >= 0.3 is 15.6 Å². The predicted octanol–water partition coefficient (Wildman–Crippen LogP) is 3.22. The molecule has 0 atom stereocenters. The van der Waals surface area contributed by atoms with Gasteiger partial charge in [-0.25, -0.2) is 18.5 Å². The Morgan fingerprint density at radius 3 is 2.36 bits per heavy atom. The number of fused-ring (bicyclic) bond motifs is 1. The molecule has 0 amide bonds. The number of hydrogen-bond donors (Lipinski definition) is 4. The van der Waals surface area contributed by atoms with Crippen LogP contribution in [0.25, 0.3) is 28.6 Å². The summed E-state index contributed by atoms with van der Waals surface area (Å²) in [6, 6.07) is 6.43. The minimum atomic E-state index is -5.12. The molecule has 2 aromatic carbocycles. The van der Waals surface area contributed by atoms with E-state index in [2.05, 4.69) is 20.6 Å². The normalized spacial score (nSPS) is 12.2. The fraction of sp³-hybridized carbons (Fsp3) is 0. The van der Waals surface area contributed by atoms with Crippen molar-refractivity contribution in [3.05, 3.63) is 48.3 Å². The highest BCUT2D eigenvalue weighted by Crippen LogP contribution is 2.46. The molecule has 0 bridgehead atoms. The second-order valence-corrected chi connectivity index (χ2v) is 7.66. The van der Waals surface area contributed by atoms with Gasteiger partial charge in [-0.15, -0.1) is 0 Å². The fourth-order valence-electron chi connectivity index (χ4n) is 2.37. The van der Waals surface area contributed by atoms with Gasteiger partial charge < -0.3 is 13.5 Å². The molecular formula is C15H12FNO9P2. The van der Waals surface area contributed by atoms with Gasteiger partial charge in [0.25, 0.3) is 0 Å². The Morgan fingerprint density at radius 2 is 1.75 bits per heavy atom. The van der Waals surface area contributed by atoms with Crippen molar-refractivity contribution in [1.82, 2.24) is 4.98 Å². The molecule has 0 aliphatic heterocycles. The minimum absolute atomic E-state index is 0.000394. The van der Waals surface area contributed by atoms with Crippen molar-refractivity contribution in [3.8, 4) is 23.0 Å². The fourth-order valence-corrected chi connectivity index (χ4v) is 3.20. The number of benzene rings is 2. The third-order valence-electron chi connectivity index (χ3n) is 3.37. The molecule has 28 heavy (non-hydrogen) atoms. The molecule has 0 spiro atoms. The summed E-state index contributed by atoms with van der Waals surface area (Å²) in [5.74, 6) is -2.51. The second kappa shape index (κ2) is 7.14. The minimum Gasteiger partial charge on any atom is -0.435 e. The van der Waals surface area contributed by atoms with E-state index in [0.717, 1.165) is 6.07 Å². The van der Waals surface area contributed by atoms with Gasteiger partial charge in [-0.05, 0) is 18.2 Å². The van der Waals surface area contributed by atoms with Gasteiger partial charge in [0.15, 0.2) is 22.7 Å². The van der Waals surface area contributed by atoms with E-state index in [1.54, 1.807) is 0 Å². The molecular weight excluding hydrogens is 419 g/mol. The maximum absolute atomic E-state index is 14.3. The van der Waals surface area contributed by atoms with Gasteiger partial charge in [0.05, 0.1) is 5.56 Å². The van der Waals surface area contributed by atoms with E-state index < -0.39 is 27.2 Å². The maximum atomic E-state index is 14.3. The number of oxazole rings is 1. The van der Waals surface area contributed by atoms with E-state index in [1.165, 1.54) is 30.3 Å². The molecule has 0 fully saturated rings. The molecule has 10 nitrogen and oxygen atoms in total. The molecule has 3 aromatic rings. The van der Waals surface area contributed by atoms with Crippen LogP contribution in [-0.4, -0.2) is 24.6 Å². The maximum Gasteiger partial charge on any atom is 0.524 e. The summed E-state index contributed by atoms with van der Waals surface area (Å²) in [5, 5.41) is 0. The predicted molar refractivity (Wildman–Crippen MR) is 94.8 cm³/mol. The van der Waals surface area contributed by atoms with Crippen LogP contribution >= 0.6 is 15.6 Å². The van der Waals surface area contributed by atoms with Crippen molar-refractivity contribution in [2.45, 2.75) is 0 Å². The average Bonchev–Trinajstić information content (AvgIpc) is 3.00. The number of halogens is 1. The molecule has 0 saturated carbocycles. The first-order valence-corrected chi connectivity index (χ1v) is 10.4. The van der Waals surface area contributed by atoms with Crippen molar-refractivity contribution in [3.63, 3.8) is 0 Å². The molecule has 4 N–H and O–H groups in total. The summed E-state index contributed by atoms with van der Waals surface area (Å²) in [5.41, 5.74) is -0.364. The molecule has 0 radical (unpaired) electrons. The molecule has 0 saturated heterocycles. The standard InChI is InChI=1S/C15H12FNO9P2/c1-2-8-7-10(16)14(26-28(21,22)23)12-13(8)24-15(17-12)9-5-3-4-6-11(9)25-27(18,19)20/h2-7H,1H2,(H2,18,19,20)(H2,21,22,23). The Hall–Kier alpha value is -2.52. The summed E-state index contributed by atoms with van der Waals surface area (Å²) in [6.45, 7) is 3.50. The largest absolute Gasteiger partial charge is 0.524 e. The van der Waals surface area contributed by atoms with Crippen LogP contribution in [0.15, 0.2) is 41.3 Å². The molecule has 13 heteroatoms. The van der Waals surface area contributed by atoms with Crippen LogP contribution in [0.1, 0.15) is 5.56 Å². The summed E-state index contributed by atoms with van der Waals surface area (Å²) < 4.78 is 51.1. The van der Waals surface area contributed by atoms with Crippen LogP contribution in [0.4, 0.5) is 4.39 Å². The van der Waals surface area contributed by atoms with Crippen LogP contribution in [0.3, 0.4) is 0 Å². The lowest BCUT2D eigenvalue weighted by Crippen LogP contribution is -1.95. The molecule has 3 rings (SSSR count). The Balaban J connectivity index is 2.26. The first kappa shape index (κ1) is 20.2. The molecule has 1 heterocycles. The highest BCUT2D eigenvalue weighted by molar-refractivity contribution is 7.47. The third kappa shape index (κ3) is 4.31. The Kier molecular flexibility index (Phi) is 5.16. The second-order valence-electron chi connectivity index (χ2n) is 5.34. The zero-order valence-electron chi connectivity index (χ0n) is 13.7. The van der Waals surface area contributed by atoms with Crippen molar-refractivity contribution < 1.29 is 46.6 Å². The quantitative estimate of drug-likeness (QED) is 0.427. The van der Waals surface area contributed by atoms with Crippen molar-refractivity contribution in [2.24, 2.45) is 0 Å². The number of rotatable bonds is 6. The third-order valence-corrected chi connectivity index (χ3v) is 4.22. The average molecular weight is 431 g/mol.